The number of ether oxygens (including phenoxy) is 1. The van der Waals surface area contributed by atoms with Crippen LogP contribution in [0, 0.1) is 0 Å². The fraction of sp³-hybridized carbons (Fsp3) is 0.250. The lowest BCUT2D eigenvalue weighted by Crippen LogP contribution is -2.35. The van der Waals surface area contributed by atoms with Gasteiger partial charge in [0.1, 0.15) is 6.10 Å². The molecule has 3 amide bonds. The quantitative estimate of drug-likeness (QED) is 0.482. The van der Waals surface area contributed by atoms with Crippen molar-refractivity contribution in [3.05, 3.63) is 63.4 Å². The predicted octanol–water partition coefficient (Wildman–Crippen LogP) is 3.34. The van der Waals surface area contributed by atoms with Gasteiger partial charge in [-0.25, -0.2) is 4.79 Å². The minimum Gasteiger partial charge on any atom is -0.442 e. The van der Waals surface area contributed by atoms with E-state index in [4.69, 9.17) is 4.74 Å². The van der Waals surface area contributed by atoms with Crippen molar-refractivity contribution in [3.63, 3.8) is 0 Å². The van der Waals surface area contributed by atoms with E-state index in [2.05, 4.69) is 26.6 Å². The van der Waals surface area contributed by atoms with Gasteiger partial charge >= 0.3 is 6.09 Å². The number of carbonyl (C=O) groups excluding carboxylic acids is 3. The molecule has 3 heterocycles. The standard InChI is InChI=1S/C24H21BrN4O5S/c25-15-3-1-14-2-6-23(32)28(19(14)9-15)8-7-21(30)26-11-17-12-29(24(33)34-17)16-4-5-20-18(10-16)27-22(31)13-35-20/h1-6,9-10,17H,7-8,11-13H2,(H,26,30)(H,27,31)/t17-/m1/s1. The van der Waals surface area contributed by atoms with Gasteiger partial charge in [0, 0.05) is 34.1 Å². The van der Waals surface area contributed by atoms with Crippen molar-refractivity contribution in [1.82, 2.24) is 9.88 Å². The van der Waals surface area contributed by atoms with Gasteiger partial charge in [0.15, 0.2) is 0 Å². The van der Waals surface area contributed by atoms with E-state index in [-0.39, 0.29) is 43.4 Å². The number of hydrogen-bond acceptors (Lipinski definition) is 6. The molecule has 0 spiro atoms. The molecule has 35 heavy (non-hydrogen) atoms. The normalized spacial score (nSPS) is 17.2. The molecule has 1 aromatic heterocycles. The zero-order chi connectivity index (χ0) is 24.5. The number of benzene rings is 2. The van der Waals surface area contributed by atoms with Gasteiger partial charge in [0.25, 0.3) is 5.56 Å². The van der Waals surface area contributed by atoms with E-state index in [1.165, 1.54) is 22.7 Å². The summed E-state index contributed by atoms with van der Waals surface area (Å²) in [5.41, 5.74) is 1.86. The molecule has 5 rings (SSSR count). The summed E-state index contributed by atoms with van der Waals surface area (Å²) in [6.45, 7) is 0.665. The number of fused-ring (bicyclic) bond motifs is 2. The van der Waals surface area contributed by atoms with E-state index in [0.717, 1.165) is 20.3 Å². The molecule has 2 aliphatic heterocycles. The SMILES string of the molecule is O=C(CCn1c(=O)ccc2ccc(Br)cc21)NC[C@@H]1CN(c2ccc3c(c2)NC(=O)CS3)C(=O)O1. The molecule has 3 aromatic rings. The molecule has 2 N–H and O–H groups in total. The van der Waals surface area contributed by atoms with E-state index in [0.29, 0.717) is 17.1 Å². The summed E-state index contributed by atoms with van der Waals surface area (Å²) >= 11 is 4.87. The molecule has 0 aliphatic carbocycles. The second-order valence-corrected chi connectivity index (χ2v) is 10.1. The van der Waals surface area contributed by atoms with Gasteiger partial charge in [-0.1, -0.05) is 22.0 Å². The molecule has 0 radical (unpaired) electrons. The highest BCUT2D eigenvalue weighted by Gasteiger charge is 2.33. The number of aryl methyl sites for hydroxylation is 1. The first-order chi connectivity index (χ1) is 16.9. The van der Waals surface area contributed by atoms with Crippen molar-refractivity contribution in [3.8, 4) is 0 Å². The van der Waals surface area contributed by atoms with Crippen LogP contribution < -0.4 is 21.1 Å². The third-order valence-electron chi connectivity index (χ3n) is 5.83. The minimum absolute atomic E-state index is 0.0809. The van der Waals surface area contributed by atoms with E-state index >= 15 is 0 Å². The molecule has 1 fully saturated rings. The number of anilines is 2. The summed E-state index contributed by atoms with van der Waals surface area (Å²) in [7, 11) is 0. The fourth-order valence-electron chi connectivity index (χ4n) is 4.10. The molecule has 9 nitrogen and oxygen atoms in total. The van der Waals surface area contributed by atoms with Crippen molar-refractivity contribution in [2.45, 2.75) is 24.0 Å². The molecule has 2 aliphatic rings. The Morgan fingerprint density at radius 2 is 1.97 bits per heavy atom. The highest BCUT2D eigenvalue weighted by atomic mass is 79.9. The maximum absolute atomic E-state index is 12.5. The Bertz CT molecular complexity index is 1410. The third kappa shape index (κ3) is 5.06. The number of halogens is 1. The van der Waals surface area contributed by atoms with Crippen LogP contribution in [0.3, 0.4) is 0 Å². The molecule has 0 saturated carbocycles. The molecule has 2 aromatic carbocycles. The number of carbonyl (C=O) groups is 3. The van der Waals surface area contributed by atoms with Gasteiger partial charge in [-0.15, -0.1) is 11.8 Å². The Kier molecular flexibility index (Phi) is 6.52. The smallest absolute Gasteiger partial charge is 0.414 e. The summed E-state index contributed by atoms with van der Waals surface area (Å²) in [5, 5.41) is 6.52. The van der Waals surface area contributed by atoms with E-state index in [9.17, 15) is 19.2 Å². The van der Waals surface area contributed by atoms with E-state index < -0.39 is 12.2 Å². The van der Waals surface area contributed by atoms with Crippen molar-refractivity contribution in [1.29, 1.82) is 0 Å². The van der Waals surface area contributed by atoms with E-state index in [1.807, 2.05) is 30.3 Å². The van der Waals surface area contributed by atoms with Crippen LogP contribution in [0.25, 0.3) is 10.9 Å². The number of thioether (sulfide) groups is 1. The minimum atomic E-state index is -0.511. The van der Waals surface area contributed by atoms with Gasteiger partial charge in [-0.2, -0.15) is 0 Å². The van der Waals surface area contributed by atoms with Crippen LogP contribution in [0.2, 0.25) is 0 Å². The van der Waals surface area contributed by atoms with Crippen LogP contribution in [-0.4, -0.2) is 47.4 Å². The predicted molar refractivity (Wildman–Crippen MR) is 137 cm³/mol. The number of hydrogen-bond donors (Lipinski definition) is 2. The topological polar surface area (TPSA) is 110 Å². The highest BCUT2D eigenvalue weighted by molar-refractivity contribution is 9.10. The summed E-state index contributed by atoms with van der Waals surface area (Å²) < 4.78 is 7.84. The van der Waals surface area contributed by atoms with Gasteiger partial charge in [0.2, 0.25) is 11.8 Å². The Balaban J connectivity index is 1.18. The summed E-state index contributed by atoms with van der Waals surface area (Å²) in [4.78, 5) is 51.4. The largest absolute Gasteiger partial charge is 0.442 e. The number of rotatable bonds is 6. The summed E-state index contributed by atoms with van der Waals surface area (Å²) in [6.07, 6.45) is -0.910. The van der Waals surface area contributed by atoms with E-state index in [1.54, 1.807) is 16.7 Å². The van der Waals surface area contributed by atoms with Crippen molar-refractivity contribution < 1.29 is 19.1 Å². The zero-order valence-corrected chi connectivity index (χ0v) is 20.9. The number of nitrogens with one attached hydrogen (secondary N) is 2. The first-order valence-corrected chi connectivity index (χ1v) is 12.8. The molecular weight excluding hydrogens is 536 g/mol. The molecule has 1 saturated heterocycles. The van der Waals surface area contributed by atoms with Gasteiger partial charge in [0.05, 0.1) is 30.0 Å². The molecule has 0 unspecified atom stereocenters. The maximum atomic E-state index is 12.5. The monoisotopic (exact) mass is 556 g/mol. The average Bonchev–Trinajstić information content (AvgIpc) is 3.22. The lowest BCUT2D eigenvalue weighted by atomic mass is 10.2. The number of pyridine rings is 1. The Hall–Kier alpha value is -3.31. The number of aromatic nitrogens is 1. The fourth-order valence-corrected chi connectivity index (χ4v) is 5.24. The number of nitrogens with zero attached hydrogens (tertiary/aromatic N) is 2. The molecule has 180 valence electrons. The van der Waals surface area contributed by atoms with Gasteiger partial charge < -0.3 is 19.9 Å². The van der Waals surface area contributed by atoms with Crippen LogP contribution in [0.1, 0.15) is 6.42 Å². The van der Waals surface area contributed by atoms with Crippen molar-refractivity contribution >= 4 is 67.9 Å². The molecule has 1 atom stereocenters. The van der Waals surface area contributed by atoms with Crippen LogP contribution in [0.4, 0.5) is 16.2 Å². The lowest BCUT2D eigenvalue weighted by molar-refractivity contribution is -0.121. The molecule has 0 bridgehead atoms. The maximum Gasteiger partial charge on any atom is 0.414 e. The van der Waals surface area contributed by atoms with Crippen LogP contribution in [-0.2, 0) is 20.9 Å². The highest BCUT2D eigenvalue weighted by Crippen LogP contribution is 2.35. The van der Waals surface area contributed by atoms with Gasteiger partial charge in [-0.05, 0) is 41.8 Å². The molecule has 11 heteroatoms. The summed E-state index contributed by atoms with van der Waals surface area (Å²) in [6, 6.07) is 14.3. The van der Waals surface area contributed by atoms with Gasteiger partial charge in [-0.3, -0.25) is 19.3 Å². The Morgan fingerprint density at radius 1 is 1.14 bits per heavy atom. The van der Waals surface area contributed by atoms with Crippen LogP contribution in [0.5, 0.6) is 0 Å². The molecular formula is C24H21BrN4O5S. The zero-order valence-electron chi connectivity index (χ0n) is 18.5. The number of amides is 3. The van der Waals surface area contributed by atoms with Crippen LogP contribution in [0.15, 0.2) is 62.7 Å². The first kappa shape index (κ1) is 23.4. The number of cyclic esters (lactones) is 1. The third-order valence-corrected chi connectivity index (χ3v) is 7.39. The first-order valence-electron chi connectivity index (χ1n) is 11.0. The van der Waals surface area contributed by atoms with Crippen LogP contribution >= 0.6 is 27.7 Å². The van der Waals surface area contributed by atoms with Crippen molar-refractivity contribution in [2.24, 2.45) is 0 Å². The Morgan fingerprint density at radius 3 is 2.83 bits per heavy atom. The lowest BCUT2D eigenvalue weighted by Gasteiger charge is -2.20. The average molecular weight is 557 g/mol. The Labute approximate surface area is 212 Å². The van der Waals surface area contributed by atoms with Crippen molar-refractivity contribution in [2.75, 3.05) is 29.1 Å². The summed E-state index contributed by atoms with van der Waals surface area (Å²) in [5.74, 6) is 0.0431. The second-order valence-electron chi connectivity index (χ2n) is 8.21. The second kappa shape index (κ2) is 9.74.